The van der Waals surface area contributed by atoms with Gasteiger partial charge in [-0.25, -0.2) is 4.79 Å². The molecule has 3 aromatic carbocycles. The van der Waals surface area contributed by atoms with E-state index < -0.39 is 5.97 Å². The number of carbonyl (C=O) groups is 2. The van der Waals surface area contributed by atoms with Gasteiger partial charge in [-0.3, -0.25) is 4.79 Å². The van der Waals surface area contributed by atoms with E-state index in [0.717, 1.165) is 16.9 Å². The fraction of sp³-hybridized carbons (Fsp3) is 0.231. The Balaban J connectivity index is 1.32. The molecule has 170 valence electrons. The third-order valence-electron chi connectivity index (χ3n) is 5.26. The van der Waals surface area contributed by atoms with E-state index in [4.69, 9.17) is 18.9 Å². The largest absolute Gasteiger partial charge is 0.493 e. The molecule has 1 aliphatic heterocycles. The topological polar surface area (TPSA) is 83.1 Å². The summed E-state index contributed by atoms with van der Waals surface area (Å²) in [5, 5.41) is 2.90. The highest BCUT2D eigenvalue weighted by atomic mass is 16.5. The summed E-state index contributed by atoms with van der Waals surface area (Å²) in [7, 11) is 1.50. The lowest BCUT2D eigenvalue weighted by molar-refractivity contribution is -0.125. The Labute approximate surface area is 192 Å². The van der Waals surface area contributed by atoms with Crippen molar-refractivity contribution < 1.29 is 28.5 Å². The Morgan fingerprint density at radius 3 is 2.61 bits per heavy atom. The summed E-state index contributed by atoms with van der Waals surface area (Å²) in [6.45, 7) is 0.504. The first-order valence-corrected chi connectivity index (χ1v) is 10.7. The Hall–Kier alpha value is -4.00. The van der Waals surface area contributed by atoms with Crippen molar-refractivity contribution in [3.63, 3.8) is 0 Å². The van der Waals surface area contributed by atoms with Gasteiger partial charge in [-0.15, -0.1) is 0 Å². The van der Waals surface area contributed by atoms with Gasteiger partial charge >= 0.3 is 5.97 Å². The SMILES string of the molecule is COc1cc(C(=O)OCC(=O)NC2CCOc3ccccc32)ccc1OCc1ccccc1. The van der Waals surface area contributed by atoms with Crippen molar-refractivity contribution in [2.45, 2.75) is 19.1 Å². The molecule has 1 amide bonds. The lowest BCUT2D eigenvalue weighted by Crippen LogP contribution is -2.35. The molecule has 7 heteroatoms. The first-order chi connectivity index (χ1) is 16.1. The zero-order chi connectivity index (χ0) is 23.0. The van der Waals surface area contributed by atoms with Crippen LogP contribution in [-0.4, -0.2) is 32.2 Å². The van der Waals surface area contributed by atoms with Gasteiger partial charge in [0.05, 0.1) is 25.3 Å². The summed E-state index contributed by atoms with van der Waals surface area (Å²) in [6.07, 6.45) is 0.651. The third kappa shape index (κ3) is 5.63. The highest BCUT2D eigenvalue weighted by molar-refractivity contribution is 5.92. The minimum Gasteiger partial charge on any atom is -0.493 e. The van der Waals surface area contributed by atoms with E-state index in [0.29, 0.717) is 31.1 Å². The highest BCUT2D eigenvalue weighted by Crippen LogP contribution is 2.31. The second kappa shape index (κ2) is 10.5. The van der Waals surface area contributed by atoms with Crippen LogP contribution < -0.4 is 19.5 Å². The molecule has 0 spiro atoms. The molecule has 0 saturated heterocycles. The summed E-state index contributed by atoms with van der Waals surface area (Å²) in [5.41, 5.74) is 2.20. The molecule has 4 rings (SSSR count). The maximum atomic E-state index is 12.5. The molecular weight excluding hydrogens is 422 g/mol. The van der Waals surface area contributed by atoms with Crippen LogP contribution in [0.25, 0.3) is 0 Å². The van der Waals surface area contributed by atoms with Gasteiger partial charge in [-0.2, -0.15) is 0 Å². The zero-order valence-corrected chi connectivity index (χ0v) is 18.3. The molecule has 1 heterocycles. The smallest absolute Gasteiger partial charge is 0.338 e. The summed E-state index contributed by atoms with van der Waals surface area (Å²) in [4.78, 5) is 24.9. The van der Waals surface area contributed by atoms with Crippen molar-refractivity contribution >= 4 is 11.9 Å². The fourth-order valence-corrected chi connectivity index (χ4v) is 3.59. The van der Waals surface area contributed by atoms with E-state index in [1.165, 1.54) is 13.2 Å². The Morgan fingerprint density at radius 1 is 1.00 bits per heavy atom. The van der Waals surface area contributed by atoms with E-state index in [1.54, 1.807) is 12.1 Å². The monoisotopic (exact) mass is 447 g/mol. The van der Waals surface area contributed by atoms with Gasteiger partial charge in [0.1, 0.15) is 12.4 Å². The summed E-state index contributed by atoms with van der Waals surface area (Å²) in [5.74, 6) is 0.676. The molecule has 33 heavy (non-hydrogen) atoms. The van der Waals surface area contributed by atoms with Crippen LogP contribution in [0.5, 0.6) is 17.2 Å². The van der Waals surface area contributed by atoms with E-state index in [1.807, 2.05) is 54.6 Å². The Kier molecular flexibility index (Phi) is 7.09. The van der Waals surface area contributed by atoms with Crippen LogP contribution in [0.3, 0.4) is 0 Å². The molecule has 3 aromatic rings. The predicted molar refractivity (Wildman–Crippen MR) is 121 cm³/mol. The number of nitrogens with one attached hydrogen (secondary N) is 1. The Morgan fingerprint density at radius 2 is 1.79 bits per heavy atom. The van der Waals surface area contributed by atoms with E-state index in [2.05, 4.69) is 5.32 Å². The average molecular weight is 447 g/mol. The molecule has 0 fully saturated rings. The number of para-hydroxylation sites is 1. The lowest BCUT2D eigenvalue weighted by Gasteiger charge is -2.26. The number of methoxy groups -OCH3 is 1. The molecule has 0 radical (unpaired) electrons. The van der Waals surface area contributed by atoms with Gasteiger partial charge in [-0.05, 0) is 29.8 Å². The van der Waals surface area contributed by atoms with Crippen LogP contribution in [0.2, 0.25) is 0 Å². The molecule has 1 aliphatic rings. The number of benzene rings is 3. The van der Waals surface area contributed by atoms with Crippen molar-refractivity contribution in [2.24, 2.45) is 0 Å². The summed E-state index contributed by atoms with van der Waals surface area (Å²) < 4.78 is 22.0. The number of carbonyl (C=O) groups excluding carboxylic acids is 2. The van der Waals surface area contributed by atoms with Crippen LogP contribution in [0.4, 0.5) is 0 Å². The van der Waals surface area contributed by atoms with E-state index in [-0.39, 0.29) is 24.1 Å². The van der Waals surface area contributed by atoms with Crippen LogP contribution >= 0.6 is 0 Å². The minimum atomic E-state index is -0.620. The van der Waals surface area contributed by atoms with Gasteiger partial charge < -0.3 is 24.3 Å². The Bertz CT molecular complexity index is 1110. The maximum absolute atomic E-state index is 12.5. The molecule has 1 atom stereocenters. The molecular formula is C26H25NO6. The van der Waals surface area contributed by atoms with Crippen molar-refractivity contribution in [3.8, 4) is 17.2 Å². The quantitative estimate of drug-likeness (QED) is 0.524. The van der Waals surface area contributed by atoms with Crippen molar-refractivity contribution in [1.29, 1.82) is 0 Å². The third-order valence-corrected chi connectivity index (χ3v) is 5.26. The number of rotatable bonds is 8. The maximum Gasteiger partial charge on any atom is 0.338 e. The number of hydrogen-bond donors (Lipinski definition) is 1. The number of esters is 1. The van der Waals surface area contributed by atoms with Crippen LogP contribution in [0.15, 0.2) is 72.8 Å². The first-order valence-electron chi connectivity index (χ1n) is 10.7. The van der Waals surface area contributed by atoms with Crippen molar-refractivity contribution in [2.75, 3.05) is 20.3 Å². The first kappa shape index (κ1) is 22.2. The van der Waals surface area contributed by atoms with Gasteiger partial charge in [0.25, 0.3) is 5.91 Å². The minimum absolute atomic E-state index is 0.178. The molecule has 0 bridgehead atoms. The number of fused-ring (bicyclic) bond motifs is 1. The molecule has 1 unspecified atom stereocenters. The molecule has 0 aliphatic carbocycles. The fourth-order valence-electron chi connectivity index (χ4n) is 3.59. The molecule has 7 nitrogen and oxygen atoms in total. The van der Waals surface area contributed by atoms with Crippen LogP contribution in [0, 0.1) is 0 Å². The number of hydrogen-bond acceptors (Lipinski definition) is 6. The van der Waals surface area contributed by atoms with Crippen molar-refractivity contribution in [3.05, 3.63) is 89.5 Å². The highest BCUT2D eigenvalue weighted by Gasteiger charge is 2.23. The zero-order valence-electron chi connectivity index (χ0n) is 18.3. The second-order valence-corrected chi connectivity index (χ2v) is 7.51. The summed E-state index contributed by atoms with van der Waals surface area (Å²) >= 11 is 0. The standard InChI is InChI=1S/C26H25NO6/c1-30-24-15-19(11-12-23(24)32-16-18-7-3-2-4-8-18)26(29)33-17-25(28)27-21-13-14-31-22-10-6-5-9-20(21)22/h2-12,15,21H,13-14,16-17H2,1H3,(H,27,28). The van der Waals surface area contributed by atoms with E-state index >= 15 is 0 Å². The van der Waals surface area contributed by atoms with E-state index in [9.17, 15) is 9.59 Å². The van der Waals surface area contributed by atoms with Crippen molar-refractivity contribution in [1.82, 2.24) is 5.32 Å². The van der Waals surface area contributed by atoms with Gasteiger partial charge in [0.15, 0.2) is 18.1 Å². The predicted octanol–water partition coefficient (Wildman–Crippen LogP) is 4.07. The second-order valence-electron chi connectivity index (χ2n) is 7.51. The normalized spacial score (nSPS) is 14.4. The van der Waals surface area contributed by atoms with Gasteiger partial charge in [0, 0.05) is 12.0 Å². The van der Waals surface area contributed by atoms with Crippen LogP contribution in [0.1, 0.15) is 33.9 Å². The average Bonchev–Trinajstić information content (AvgIpc) is 2.86. The molecule has 1 N–H and O–H groups in total. The van der Waals surface area contributed by atoms with Gasteiger partial charge in [-0.1, -0.05) is 48.5 Å². The van der Waals surface area contributed by atoms with Crippen LogP contribution in [-0.2, 0) is 16.1 Å². The molecule has 0 aromatic heterocycles. The number of amides is 1. The summed E-state index contributed by atoms with van der Waals surface area (Å²) in [6, 6.07) is 21.9. The van der Waals surface area contributed by atoms with Gasteiger partial charge in [0.2, 0.25) is 0 Å². The molecule has 0 saturated carbocycles. The lowest BCUT2D eigenvalue weighted by atomic mass is 10.0. The number of ether oxygens (including phenoxy) is 4.